The summed E-state index contributed by atoms with van der Waals surface area (Å²) in [7, 11) is 0. The number of aliphatic hydroxyl groups is 1. The zero-order chi connectivity index (χ0) is 17.3. The van der Waals surface area contributed by atoms with E-state index in [9.17, 15) is 9.90 Å². The van der Waals surface area contributed by atoms with Crippen LogP contribution in [0.5, 0.6) is 0 Å². The zero-order valence-electron chi connectivity index (χ0n) is 14.8. The monoisotopic (exact) mass is 331 g/mol. The van der Waals surface area contributed by atoms with Crippen LogP contribution in [0.15, 0.2) is 30.3 Å². The van der Waals surface area contributed by atoms with Crippen LogP contribution in [0.1, 0.15) is 57.9 Å². The van der Waals surface area contributed by atoms with Gasteiger partial charge >= 0.3 is 0 Å². The molecule has 0 aromatic heterocycles. The van der Waals surface area contributed by atoms with Crippen molar-refractivity contribution in [3.05, 3.63) is 35.9 Å². The molecule has 3 rings (SSSR count). The Labute approximate surface area is 144 Å². The molecule has 24 heavy (non-hydrogen) atoms. The van der Waals surface area contributed by atoms with Crippen LogP contribution < -0.4 is 5.32 Å². The zero-order valence-corrected chi connectivity index (χ0v) is 14.8. The van der Waals surface area contributed by atoms with Gasteiger partial charge in [-0.05, 0) is 44.1 Å². The fourth-order valence-electron chi connectivity index (χ4n) is 5.01. The molecule has 1 saturated carbocycles. The molecule has 2 fully saturated rings. The first kappa shape index (κ1) is 17.4. The first-order chi connectivity index (χ1) is 11.6. The quantitative estimate of drug-likeness (QED) is 0.842. The van der Waals surface area contributed by atoms with Gasteiger partial charge in [0.25, 0.3) is 0 Å². The lowest BCUT2D eigenvalue weighted by atomic mass is 9.60. The fourth-order valence-corrected chi connectivity index (χ4v) is 5.01. The highest BCUT2D eigenvalue weighted by Crippen LogP contribution is 2.61. The van der Waals surface area contributed by atoms with Crippen LogP contribution in [0, 0.1) is 5.41 Å². The number of ether oxygens (including phenoxy) is 1. The smallest absolute Gasteiger partial charge is 0.229 e. The molecular weight excluding hydrogens is 302 g/mol. The SMILES string of the molecule is CCC1(CC)OC2(CO)CCCC1(C(=O)NCc1ccccc1)C2. The number of hydrogen-bond acceptors (Lipinski definition) is 3. The number of hydrogen-bond donors (Lipinski definition) is 2. The van der Waals surface area contributed by atoms with Crippen molar-refractivity contribution in [2.45, 2.75) is 70.1 Å². The maximum Gasteiger partial charge on any atom is 0.229 e. The van der Waals surface area contributed by atoms with Gasteiger partial charge < -0.3 is 15.2 Å². The van der Waals surface area contributed by atoms with E-state index in [1.54, 1.807) is 0 Å². The molecule has 0 spiro atoms. The summed E-state index contributed by atoms with van der Waals surface area (Å²) in [5.74, 6) is 0.0880. The summed E-state index contributed by atoms with van der Waals surface area (Å²) in [6.45, 7) is 4.74. The molecule has 2 N–H and O–H groups in total. The molecule has 1 amide bonds. The van der Waals surface area contributed by atoms with Crippen molar-refractivity contribution in [3.63, 3.8) is 0 Å². The van der Waals surface area contributed by atoms with E-state index >= 15 is 0 Å². The van der Waals surface area contributed by atoms with Gasteiger partial charge in [0.2, 0.25) is 5.91 Å². The van der Waals surface area contributed by atoms with Gasteiger partial charge in [0.1, 0.15) is 0 Å². The van der Waals surface area contributed by atoms with Crippen molar-refractivity contribution >= 4 is 5.91 Å². The third kappa shape index (κ3) is 2.56. The van der Waals surface area contributed by atoms with E-state index < -0.39 is 16.6 Å². The lowest BCUT2D eigenvalue weighted by Gasteiger charge is -2.42. The molecule has 2 aliphatic rings. The van der Waals surface area contributed by atoms with Gasteiger partial charge in [-0.2, -0.15) is 0 Å². The van der Waals surface area contributed by atoms with Crippen molar-refractivity contribution in [2.24, 2.45) is 5.41 Å². The average Bonchev–Trinajstić information content (AvgIpc) is 2.85. The van der Waals surface area contributed by atoms with Gasteiger partial charge in [-0.1, -0.05) is 44.2 Å². The van der Waals surface area contributed by atoms with Gasteiger partial charge in [-0.25, -0.2) is 0 Å². The number of nitrogens with one attached hydrogen (secondary N) is 1. The van der Waals surface area contributed by atoms with E-state index in [0.717, 1.165) is 37.7 Å². The molecule has 2 unspecified atom stereocenters. The lowest BCUT2D eigenvalue weighted by Crippen LogP contribution is -2.54. The van der Waals surface area contributed by atoms with Crippen LogP contribution in [0.25, 0.3) is 0 Å². The van der Waals surface area contributed by atoms with Crippen molar-refractivity contribution in [1.29, 1.82) is 0 Å². The Morgan fingerprint density at radius 1 is 1.21 bits per heavy atom. The molecule has 132 valence electrons. The number of carbonyl (C=O) groups is 1. The van der Waals surface area contributed by atoms with Gasteiger partial charge in [0.05, 0.1) is 23.2 Å². The fraction of sp³-hybridized carbons (Fsp3) is 0.650. The molecule has 1 saturated heterocycles. The minimum atomic E-state index is -0.533. The molecule has 2 bridgehead atoms. The standard InChI is InChI=1S/C20H29NO3/c1-3-20(4-2)19(12-8-11-18(14-19,15-22)24-20)17(23)21-13-16-9-6-5-7-10-16/h5-7,9-10,22H,3-4,8,11-15H2,1-2H3,(H,21,23). The second-order valence-electron chi connectivity index (χ2n) is 7.43. The molecule has 1 aliphatic carbocycles. The van der Waals surface area contributed by atoms with Crippen LogP contribution in [0.4, 0.5) is 0 Å². The third-order valence-electron chi connectivity index (χ3n) is 6.30. The molecule has 1 aliphatic heterocycles. The Kier molecular flexibility index (Phi) is 4.71. The summed E-state index contributed by atoms with van der Waals surface area (Å²) < 4.78 is 6.47. The number of amides is 1. The molecule has 1 heterocycles. The topological polar surface area (TPSA) is 58.6 Å². The molecule has 4 nitrogen and oxygen atoms in total. The van der Waals surface area contributed by atoms with Gasteiger partial charge in [0.15, 0.2) is 0 Å². The number of rotatable bonds is 6. The molecular formula is C20H29NO3. The van der Waals surface area contributed by atoms with Crippen LogP contribution in [-0.2, 0) is 16.1 Å². The Hall–Kier alpha value is -1.39. The first-order valence-electron chi connectivity index (χ1n) is 9.19. The maximum atomic E-state index is 13.3. The number of aliphatic hydroxyl groups excluding tert-OH is 1. The van der Waals surface area contributed by atoms with Crippen molar-refractivity contribution in [1.82, 2.24) is 5.32 Å². The van der Waals surface area contributed by atoms with Gasteiger partial charge in [-0.3, -0.25) is 4.79 Å². The predicted octanol–water partition coefficient (Wildman–Crippen LogP) is 3.18. The maximum absolute atomic E-state index is 13.3. The highest BCUT2D eigenvalue weighted by atomic mass is 16.5. The molecule has 1 aromatic rings. The minimum absolute atomic E-state index is 0.00245. The number of benzene rings is 1. The molecule has 1 aromatic carbocycles. The summed E-state index contributed by atoms with van der Waals surface area (Å²) in [6, 6.07) is 9.99. The van der Waals surface area contributed by atoms with E-state index in [4.69, 9.17) is 4.74 Å². The van der Waals surface area contributed by atoms with Crippen molar-refractivity contribution in [2.75, 3.05) is 6.61 Å². The number of carbonyl (C=O) groups excluding carboxylic acids is 1. The van der Waals surface area contributed by atoms with Crippen LogP contribution in [0.3, 0.4) is 0 Å². The highest BCUT2D eigenvalue weighted by Gasteiger charge is 2.67. The number of fused-ring (bicyclic) bond motifs is 2. The largest absolute Gasteiger partial charge is 0.393 e. The van der Waals surface area contributed by atoms with E-state index in [-0.39, 0.29) is 12.5 Å². The molecule has 4 heteroatoms. The highest BCUT2D eigenvalue weighted by molar-refractivity contribution is 5.85. The normalized spacial score (nSPS) is 31.0. The second kappa shape index (κ2) is 6.49. The Morgan fingerprint density at radius 3 is 2.54 bits per heavy atom. The third-order valence-corrected chi connectivity index (χ3v) is 6.30. The van der Waals surface area contributed by atoms with Crippen LogP contribution in [-0.4, -0.2) is 28.8 Å². The Bertz CT molecular complexity index is 584. The Balaban J connectivity index is 1.86. The average molecular weight is 331 g/mol. The predicted molar refractivity (Wildman–Crippen MR) is 93.4 cm³/mol. The van der Waals surface area contributed by atoms with E-state index in [1.165, 1.54) is 0 Å². The molecule has 0 radical (unpaired) electrons. The minimum Gasteiger partial charge on any atom is -0.393 e. The summed E-state index contributed by atoms with van der Waals surface area (Å²) in [5.41, 5.74) is -0.419. The summed E-state index contributed by atoms with van der Waals surface area (Å²) in [5, 5.41) is 13.1. The summed E-state index contributed by atoms with van der Waals surface area (Å²) in [6.07, 6.45) is 4.85. The Morgan fingerprint density at radius 2 is 1.92 bits per heavy atom. The second-order valence-corrected chi connectivity index (χ2v) is 7.43. The van der Waals surface area contributed by atoms with E-state index in [1.807, 2.05) is 30.3 Å². The van der Waals surface area contributed by atoms with E-state index in [0.29, 0.717) is 13.0 Å². The first-order valence-corrected chi connectivity index (χ1v) is 9.19. The van der Waals surface area contributed by atoms with Crippen molar-refractivity contribution < 1.29 is 14.6 Å². The van der Waals surface area contributed by atoms with Crippen LogP contribution in [0.2, 0.25) is 0 Å². The lowest BCUT2D eigenvalue weighted by molar-refractivity contribution is -0.156. The van der Waals surface area contributed by atoms with Gasteiger partial charge in [0, 0.05) is 6.54 Å². The van der Waals surface area contributed by atoms with Gasteiger partial charge in [-0.15, -0.1) is 0 Å². The van der Waals surface area contributed by atoms with E-state index in [2.05, 4.69) is 19.2 Å². The summed E-state index contributed by atoms with van der Waals surface area (Å²) >= 11 is 0. The summed E-state index contributed by atoms with van der Waals surface area (Å²) in [4.78, 5) is 13.3. The van der Waals surface area contributed by atoms with Crippen LogP contribution >= 0.6 is 0 Å². The van der Waals surface area contributed by atoms with Crippen molar-refractivity contribution in [3.8, 4) is 0 Å². The molecule has 2 atom stereocenters.